The van der Waals surface area contributed by atoms with E-state index < -0.39 is 0 Å². The number of benzene rings is 1. The normalized spacial score (nSPS) is 15.7. The quantitative estimate of drug-likeness (QED) is 0.892. The molecule has 0 spiro atoms. The summed E-state index contributed by atoms with van der Waals surface area (Å²) in [5.41, 5.74) is 2.92. The number of aromatic hydroxyl groups is 1. The molecular weight excluding hydrogens is 288 g/mol. The molecule has 1 aromatic heterocycles. The molecule has 0 amide bonds. The molecule has 0 bridgehead atoms. The second-order valence-electron chi connectivity index (χ2n) is 6.96. The van der Waals surface area contributed by atoms with Crippen molar-refractivity contribution in [2.24, 2.45) is 0 Å². The van der Waals surface area contributed by atoms with E-state index in [1.807, 2.05) is 18.3 Å². The average Bonchev–Trinajstić information content (AvgIpc) is 2.54. The second kappa shape index (κ2) is 6.16. The monoisotopic (exact) mass is 312 g/mol. The van der Waals surface area contributed by atoms with Gasteiger partial charge in [0.2, 0.25) is 0 Å². The summed E-state index contributed by atoms with van der Waals surface area (Å²) in [6, 6.07) is 7.09. The smallest absolute Gasteiger partial charge is 0.159 e. The molecule has 1 aliphatic rings. The third-order valence-electron chi connectivity index (χ3n) is 4.04. The van der Waals surface area contributed by atoms with Gasteiger partial charge < -0.3 is 15.3 Å². The topological polar surface area (TPSA) is 61.3 Å². The van der Waals surface area contributed by atoms with Crippen molar-refractivity contribution in [1.82, 2.24) is 15.3 Å². The molecule has 2 heterocycles. The van der Waals surface area contributed by atoms with Crippen LogP contribution in [0.3, 0.4) is 0 Å². The van der Waals surface area contributed by atoms with E-state index >= 15 is 0 Å². The first-order valence-corrected chi connectivity index (χ1v) is 8.08. The fraction of sp³-hybridized carbons (Fsp3) is 0.444. The van der Waals surface area contributed by atoms with Crippen LogP contribution in [0.4, 0.5) is 5.69 Å². The lowest BCUT2D eigenvalue weighted by molar-refractivity contribution is 0.475. The van der Waals surface area contributed by atoms with E-state index in [2.05, 4.69) is 36.0 Å². The van der Waals surface area contributed by atoms with Crippen LogP contribution in [-0.2, 0) is 5.41 Å². The van der Waals surface area contributed by atoms with Gasteiger partial charge in [-0.3, -0.25) is 0 Å². The molecule has 0 saturated carbocycles. The maximum atomic E-state index is 9.69. The van der Waals surface area contributed by atoms with Crippen molar-refractivity contribution in [2.75, 3.05) is 31.1 Å². The fourth-order valence-electron chi connectivity index (χ4n) is 2.85. The number of aromatic nitrogens is 2. The summed E-state index contributed by atoms with van der Waals surface area (Å²) < 4.78 is 0. The van der Waals surface area contributed by atoms with Gasteiger partial charge in [0, 0.05) is 37.2 Å². The summed E-state index contributed by atoms with van der Waals surface area (Å²) in [6.07, 6.45) is 1.93. The van der Waals surface area contributed by atoms with Crippen molar-refractivity contribution >= 4 is 5.69 Å². The number of phenolic OH excluding ortho intramolecular Hbond substituents is 1. The summed E-state index contributed by atoms with van der Waals surface area (Å²) in [7, 11) is 0. The lowest BCUT2D eigenvalue weighted by Gasteiger charge is -2.33. The molecule has 5 heteroatoms. The van der Waals surface area contributed by atoms with Gasteiger partial charge in [0.1, 0.15) is 5.75 Å². The van der Waals surface area contributed by atoms with Crippen molar-refractivity contribution in [1.29, 1.82) is 0 Å². The van der Waals surface area contributed by atoms with Gasteiger partial charge in [-0.25, -0.2) is 9.97 Å². The largest absolute Gasteiger partial charge is 0.508 e. The Kier molecular flexibility index (Phi) is 4.22. The van der Waals surface area contributed by atoms with E-state index in [1.165, 1.54) is 0 Å². The number of hydrogen-bond donors (Lipinski definition) is 2. The van der Waals surface area contributed by atoms with Gasteiger partial charge in [0.25, 0.3) is 0 Å². The molecule has 2 aromatic rings. The zero-order valence-corrected chi connectivity index (χ0v) is 14.0. The first-order valence-electron chi connectivity index (χ1n) is 8.08. The number of anilines is 1. The summed E-state index contributed by atoms with van der Waals surface area (Å²) in [6.45, 7) is 10.4. The molecule has 5 nitrogen and oxygen atoms in total. The van der Waals surface area contributed by atoms with Crippen molar-refractivity contribution in [3.63, 3.8) is 0 Å². The molecule has 0 unspecified atom stereocenters. The predicted molar refractivity (Wildman–Crippen MR) is 92.9 cm³/mol. The first kappa shape index (κ1) is 15.7. The number of nitrogens with one attached hydrogen (secondary N) is 1. The van der Waals surface area contributed by atoms with Crippen molar-refractivity contribution in [3.8, 4) is 17.1 Å². The molecule has 0 aliphatic carbocycles. The highest BCUT2D eigenvalue weighted by atomic mass is 16.3. The predicted octanol–water partition coefficient (Wildman–Crippen LogP) is 2.56. The van der Waals surface area contributed by atoms with Crippen LogP contribution in [0.5, 0.6) is 5.75 Å². The Morgan fingerprint density at radius 2 is 1.91 bits per heavy atom. The third-order valence-corrected chi connectivity index (χ3v) is 4.04. The van der Waals surface area contributed by atoms with Gasteiger partial charge in [-0.1, -0.05) is 32.9 Å². The SMILES string of the molecule is CC(C)(C)c1nc(-c2cccc(O)c2)ncc1N1CCNCC1. The molecule has 0 radical (unpaired) electrons. The average molecular weight is 312 g/mol. The number of rotatable bonds is 2. The third kappa shape index (κ3) is 3.45. The van der Waals surface area contributed by atoms with Crippen molar-refractivity contribution in [3.05, 3.63) is 36.2 Å². The Morgan fingerprint density at radius 3 is 2.57 bits per heavy atom. The molecule has 3 rings (SSSR count). The van der Waals surface area contributed by atoms with Crippen LogP contribution in [0.2, 0.25) is 0 Å². The van der Waals surface area contributed by atoms with Gasteiger partial charge in [0.15, 0.2) is 5.82 Å². The van der Waals surface area contributed by atoms with Crippen LogP contribution >= 0.6 is 0 Å². The van der Waals surface area contributed by atoms with Gasteiger partial charge in [-0.15, -0.1) is 0 Å². The van der Waals surface area contributed by atoms with E-state index in [4.69, 9.17) is 4.98 Å². The van der Waals surface area contributed by atoms with Gasteiger partial charge in [-0.05, 0) is 12.1 Å². The van der Waals surface area contributed by atoms with Crippen LogP contribution in [-0.4, -0.2) is 41.3 Å². The van der Waals surface area contributed by atoms with Crippen LogP contribution in [0.15, 0.2) is 30.5 Å². The van der Waals surface area contributed by atoms with Crippen LogP contribution in [0.1, 0.15) is 26.5 Å². The molecule has 1 aliphatic heterocycles. The molecule has 1 aromatic carbocycles. The molecule has 1 saturated heterocycles. The Bertz CT molecular complexity index is 688. The molecule has 122 valence electrons. The summed E-state index contributed by atoms with van der Waals surface area (Å²) in [5.74, 6) is 0.888. The minimum absolute atomic E-state index is 0.0747. The minimum Gasteiger partial charge on any atom is -0.508 e. The highest BCUT2D eigenvalue weighted by Crippen LogP contribution is 2.32. The van der Waals surface area contributed by atoms with E-state index in [0.29, 0.717) is 5.82 Å². The summed E-state index contributed by atoms with van der Waals surface area (Å²) in [5, 5.41) is 13.1. The zero-order valence-electron chi connectivity index (χ0n) is 14.0. The molecule has 1 fully saturated rings. The van der Waals surface area contributed by atoms with Crippen molar-refractivity contribution in [2.45, 2.75) is 26.2 Å². The Morgan fingerprint density at radius 1 is 1.17 bits per heavy atom. The second-order valence-corrected chi connectivity index (χ2v) is 6.96. The number of piperazine rings is 1. The fourth-order valence-corrected chi connectivity index (χ4v) is 2.85. The van der Waals surface area contributed by atoms with Crippen LogP contribution in [0, 0.1) is 0 Å². The van der Waals surface area contributed by atoms with Gasteiger partial charge >= 0.3 is 0 Å². The zero-order chi connectivity index (χ0) is 16.4. The minimum atomic E-state index is -0.0747. The van der Waals surface area contributed by atoms with E-state index in [9.17, 15) is 5.11 Å². The maximum absolute atomic E-state index is 9.69. The highest BCUT2D eigenvalue weighted by Gasteiger charge is 2.25. The molecule has 23 heavy (non-hydrogen) atoms. The van der Waals surface area contributed by atoms with Crippen LogP contribution in [0.25, 0.3) is 11.4 Å². The molecular formula is C18H24N4O. The Balaban J connectivity index is 2.05. The van der Waals surface area contributed by atoms with Gasteiger partial charge in [-0.2, -0.15) is 0 Å². The van der Waals surface area contributed by atoms with Crippen molar-refractivity contribution < 1.29 is 5.11 Å². The van der Waals surface area contributed by atoms with Gasteiger partial charge in [0.05, 0.1) is 17.6 Å². The van der Waals surface area contributed by atoms with Crippen LogP contribution < -0.4 is 10.2 Å². The maximum Gasteiger partial charge on any atom is 0.159 e. The summed E-state index contributed by atoms with van der Waals surface area (Å²) >= 11 is 0. The lowest BCUT2D eigenvalue weighted by atomic mass is 9.90. The lowest BCUT2D eigenvalue weighted by Crippen LogP contribution is -2.44. The van der Waals surface area contributed by atoms with E-state index in [0.717, 1.165) is 43.1 Å². The standard InChI is InChI=1S/C18H24N4O/c1-18(2,3)16-15(22-9-7-19-8-10-22)12-20-17(21-16)13-5-4-6-14(23)11-13/h4-6,11-12,19,23H,7-10H2,1-3H3. The molecule has 2 N–H and O–H groups in total. The Labute approximate surface area is 137 Å². The highest BCUT2D eigenvalue weighted by molar-refractivity contribution is 5.61. The molecule has 0 atom stereocenters. The number of hydrogen-bond acceptors (Lipinski definition) is 5. The summed E-state index contributed by atoms with van der Waals surface area (Å²) in [4.78, 5) is 11.8. The Hall–Kier alpha value is -2.14. The first-order chi connectivity index (χ1) is 10.9. The number of phenols is 1. The van der Waals surface area contributed by atoms with E-state index in [-0.39, 0.29) is 11.2 Å². The number of nitrogens with zero attached hydrogens (tertiary/aromatic N) is 3. The van der Waals surface area contributed by atoms with E-state index in [1.54, 1.807) is 12.1 Å².